The van der Waals surface area contributed by atoms with E-state index in [0.717, 1.165) is 11.1 Å². The Bertz CT molecular complexity index is 829. The largest absolute Gasteiger partial charge is 0.496 e. The Kier molecular flexibility index (Phi) is 4.22. The zero-order valence-corrected chi connectivity index (χ0v) is 13.3. The average Bonchev–Trinajstić information content (AvgIpc) is 3.03. The number of benzene rings is 1. The van der Waals surface area contributed by atoms with Gasteiger partial charge in [-0.05, 0) is 41.3 Å². The molecule has 3 rings (SSSR count). The fourth-order valence-corrected chi connectivity index (χ4v) is 3.28. The molecule has 110 valence electrons. The number of carbonyl (C=O) groups excluding carboxylic acids is 1. The number of hydrogen-bond acceptors (Lipinski definition) is 4. The number of rotatable bonds is 4. The number of para-hydroxylation sites is 1. The van der Waals surface area contributed by atoms with Crippen molar-refractivity contribution >= 4 is 28.7 Å². The first kappa shape index (κ1) is 14.8. The van der Waals surface area contributed by atoms with E-state index in [0.29, 0.717) is 21.3 Å². The summed E-state index contributed by atoms with van der Waals surface area (Å²) in [6.45, 7) is 0. The van der Waals surface area contributed by atoms with Crippen molar-refractivity contribution in [3.8, 4) is 16.9 Å². The Labute approximate surface area is 137 Å². The summed E-state index contributed by atoms with van der Waals surface area (Å²) in [5, 5.41) is 2.30. The molecule has 3 aromatic rings. The van der Waals surface area contributed by atoms with E-state index >= 15 is 0 Å². The second-order valence-electron chi connectivity index (χ2n) is 4.56. The molecule has 22 heavy (non-hydrogen) atoms. The molecule has 3 nitrogen and oxygen atoms in total. The molecule has 0 N–H and O–H groups in total. The van der Waals surface area contributed by atoms with Crippen molar-refractivity contribution in [1.82, 2.24) is 4.98 Å². The maximum Gasteiger partial charge on any atom is 0.207 e. The van der Waals surface area contributed by atoms with Gasteiger partial charge in [-0.3, -0.25) is 4.79 Å². The first-order valence-corrected chi connectivity index (χ1v) is 7.83. The molecule has 0 fully saturated rings. The fraction of sp³-hybridized carbons (Fsp3) is 0.0588. The summed E-state index contributed by atoms with van der Waals surface area (Å²) in [5.74, 6) is 0.509. The van der Waals surface area contributed by atoms with Gasteiger partial charge >= 0.3 is 0 Å². The van der Waals surface area contributed by atoms with Gasteiger partial charge in [0.1, 0.15) is 10.9 Å². The van der Waals surface area contributed by atoms with Crippen LogP contribution in [0.4, 0.5) is 0 Å². The SMILES string of the molecule is COc1ccccc1C(=O)c1sccc1-c1ccnc(Cl)c1. The Morgan fingerprint density at radius 3 is 2.82 bits per heavy atom. The van der Waals surface area contributed by atoms with Gasteiger partial charge in [0.05, 0.1) is 17.6 Å². The topological polar surface area (TPSA) is 39.2 Å². The van der Waals surface area contributed by atoms with E-state index < -0.39 is 0 Å². The number of halogens is 1. The summed E-state index contributed by atoms with van der Waals surface area (Å²) in [6.07, 6.45) is 1.63. The minimum Gasteiger partial charge on any atom is -0.496 e. The van der Waals surface area contributed by atoms with Crippen molar-refractivity contribution in [2.24, 2.45) is 0 Å². The number of thiophene rings is 1. The van der Waals surface area contributed by atoms with Gasteiger partial charge in [-0.2, -0.15) is 0 Å². The Hall–Kier alpha value is -2.17. The molecule has 0 saturated heterocycles. The molecule has 0 amide bonds. The van der Waals surface area contributed by atoms with Crippen molar-refractivity contribution in [3.63, 3.8) is 0 Å². The third-order valence-corrected chi connectivity index (χ3v) is 4.38. The Morgan fingerprint density at radius 1 is 1.23 bits per heavy atom. The van der Waals surface area contributed by atoms with Crippen LogP contribution >= 0.6 is 22.9 Å². The number of nitrogens with zero attached hydrogens (tertiary/aromatic N) is 1. The minimum absolute atomic E-state index is 0.0598. The zero-order chi connectivity index (χ0) is 15.5. The maximum absolute atomic E-state index is 12.8. The van der Waals surface area contributed by atoms with Gasteiger partial charge in [-0.15, -0.1) is 11.3 Å². The second-order valence-corrected chi connectivity index (χ2v) is 5.86. The normalized spacial score (nSPS) is 10.5. The molecule has 0 unspecified atom stereocenters. The molecule has 2 aromatic heterocycles. The predicted molar refractivity (Wildman–Crippen MR) is 89.0 cm³/mol. The van der Waals surface area contributed by atoms with Gasteiger partial charge in [-0.25, -0.2) is 4.98 Å². The van der Waals surface area contributed by atoms with Crippen molar-refractivity contribution in [2.75, 3.05) is 7.11 Å². The van der Waals surface area contributed by atoms with E-state index in [1.165, 1.54) is 11.3 Å². The lowest BCUT2D eigenvalue weighted by molar-refractivity contribution is 0.104. The summed E-state index contributed by atoms with van der Waals surface area (Å²) in [7, 11) is 1.56. The van der Waals surface area contributed by atoms with Crippen LogP contribution in [0.5, 0.6) is 5.75 Å². The number of ketones is 1. The van der Waals surface area contributed by atoms with E-state index in [-0.39, 0.29) is 5.78 Å². The van der Waals surface area contributed by atoms with Gasteiger partial charge in [0.2, 0.25) is 5.78 Å². The van der Waals surface area contributed by atoms with Crippen LogP contribution < -0.4 is 4.74 Å². The van der Waals surface area contributed by atoms with Crippen molar-refractivity contribution < 1.29 is 9.53 Å². The first-order valence-electron chi connectivity index (χ1n) is 6.58. The summed E-state index contributed by atoms with van der Waals surface area (Å²) in [6, 6.07) is 12.7. The van der Waals surface area contributed by atoms with Gasteiger partial charge in [0.25, 0.3) is 0 Å². The van der Waals surface area contributed by atoms with Gasteiger partial charge in [0.15, 0.2) is 0 Å². The van der Waals surface area contributed by atoms with E-state index in [4.69, 9.17) is 16.3 Å². The summed E-state index contributed by atoms with van der Waals surface area (Å²) < 4.78 is 5.28. The van der Waals surface area contributed by atoms with Crippen LogP contribution in [0.1, 0.15) is 15.2 Å². The van der Waals surface area contributed by atoms with Crippen molar-refractivity contribution in [2.45, 2.75) is 0 Å². The number of carbonyl (C=O) groups is 1. The van der Waals surface area contributed by atoms with E-state index in [1.54, 1.807) is 31.5 Å². The lowest BCUT2D eigenvalue weighted by Crippen LogP contribution is -2.03. The minimum atomic E-state index is -0.0598. The average molecular weight is 330 g/mol. The van der Waals surface area contributed by atoms with Crippen LogP contribution in [0, 0.1) is 0 Å². The smallest absolute Gasteiger partial charge is 0.207 e. The highest BCUT2D eigenvalue weighted by Gasteiger charge is 2.19. The van der Waals surface area contributed by atoms with Gasteiger partial charge in [0, 0.05) is 11.8 Å². The predicted octanol–water partition coefficient (Wildman–Crippen LogP) is 4.70. The standard InChI is InChI=1S/C17H12ClNO2S/c1-21-14-5-3-2-4-13(14)16(20)17-12(7-9-22-17)11-6-8-19-15(18)10-11/h2-10H,1H3. The number of hydrogen-bond donors (Lipinski definition) is 0. The molecule has 0 bridgehead atoms. The number of ether oxygens (including phenoxy) is 1. The lowest BCUT2D eigenvalue weighted by atomic mass is 10.0. The molecule has 0 radical (unpaired) electrons. The molecule has 2 heterocycles. The van der Waals surface area contributed by atoms with Crippen LogP contribution in [0.25, 0.3) is 11.1 Å². The maximum atomic E-state index is 12.8. The van der Waals surface area contributed by atoms with Crippen LogP contribution in [-0.2, 0) is 0 Å². The number of aromatic nitrogens is 1. The molecule has 0 atom stereocenters. The lowest BCUT2D eigenvalue weighted by Gasteiger charge is -2.08. The molecular weight excluding hydrogens is 318 g/mol. The Balaban J connectivity index is 2.07. The summed E-state index contributed by atoms with van der Waals surface area (Å²) in [4.78, 5) is 17.5. The van der Waals surface area contributed by atoms with Gasteiger partial charge in [-0.1, -0.05) is 23.7 Å². The molecule has 0 aliphatic carbocycles. The monoisotopic (exact) mass is 329 g/mol. The molecule has 1 aromatic carbocycles. The van der Waals surface area contributed by atoms with Crippen molar-refractivity contribution in [3.05, 3.63) is 69.6 Å². The third-order valence-electron chi connectivity index (χ3n) is 3.26. The quantitative estimate of drug-likeness (QED) is 0.514. The van der Waals surface area contributed by atoms with E-state index in [2.05, 4.69) is 4.98 Å². The van der Waals surface area contributed by atoms with Crippen LogP contribution in [0.15, 0.2) is 54.0 Å². The molecule has 0 aliphatic rings. The number of pyridine rings is 1. The fourth-order valence-electron chi connectivity index (χ4n) is 2.24. The summed E-state index contributed by atoms with van der Waals surface area (Å²) >= 11 is 7.35. The molecule has 0 aliphatic heterocycles. The van der Waals surface area contributed by atoms with Crippen LogP contribution in [0.2, 0.25) is 5.15 Å². The van der Waals surface area contributed by atoms with Gasteiger partial charge < -0.3 is 4.74 Å². The molecular formula is C17H12ClNO2S. The highest BCUT2D eigenvalue weighted by Crippen LogP contribution is 2.32. The Morgan fingerprint density at radius 2 is 2.05 bits per heavy atom. The van der Waals surface area contributed by atoms with Crippen molar-refractivity contribution in [1.29, 1.82) is 0 Å². The highest BCUT2D eigenvalue weighted by molar-refractivity contribution is 7.12. The summed E-state index contributed by atoms with van der Waals surface area (Å²) in [5.41, 5.74) is 2.28. The second kappa shape index (κ2) is 6.30. The first-order chi connectivity index (χ1) is 10.7. The number of methoxy groups -OCH3 is 1. The highest BCUT2D eigenvalue weighted by atomic mass is 35.5. The molecule has 0 spiro atoms. The van der Waals surface area contributed by atoms with E-state index in [1.807, 2.05) is 29.6 Å². The third kappa shape index (κ3) is 2.75. The van der Waals surface area contributed by atoms with E-state index in [9.17, 15) is 4.79 Å². The molecule has 0 saturated carbocycles. The van der Waals surface area contributed by atoms with Crippen LogP contribution in [0.3, 0.4) is 0 Å². The van der Waals surface area contributed by atoms with Crippen LogP contribution in [-0.4, -0.2) is 17.9 Å². The zero-order valence-electron chi connectivity index (χ0n) is 11.7. The molecule has 5 heteroatoms.